The van der Waals surface area contributed by atoms with Crippen LogP contribution in [0.15, 0.2) is 18.2 Å². The molecule has 0 saturated carbocycles. The summed E-state index contributed by atoms with van der Waals surface area (Å²) in [6, 6.07) is 5.49. The Morgan fingerprint density at radius 2 is 1.83 bits per heavy atom. The van der Waals surface area contributed by atoms with Crippen molar-refractivity contribution in [2.24, 2.45) is 0 Å². The Labute approximate surface area is 138 Å². The Hall–Kier alpha value is -2.24. The first-order chi connectivity index (χ1) is 10.7. The summed E-state index contributed by atoms with van der Waals surface area (Å²) in [5, 5.41) is 8.69. The van der Waals surface area contributed by atoms with Gasteiger partial charge in [0, 0.05) is 30.9 Å². The Kier molecular flexibility index (Phi) is 6.88. The molecule has 0 fully saturated rings. The average molecular weight is 321 g/mol. The van der Waals surface area contributed by atoms with Crippen LogP contribution in [0.1, 0.15) is 43.6 Å². The van der Waals surface area contributed by atoms with E-state index in [2.05, 4.69) is 16.0 Å². The second-order valence-electron chi connectivity index (χ2n) is 6.24. The minimum atomic E-state index is -0.497. The number of benzene rings is 1. The van der Waals surface area contributed by atoms with Crippen LogP contribution in [0.5, 0.6) is 0 Å². The number of anilines is 1. The lowest BCUT2D eigenvalue weighted by Crippen LogP contribution is -2.35. The third-order valence-corrected chi connectivity index (χ3v) is 2.93. The van der Waals surface area contributed by atoms with Crippen molar-refractivity contribution in [3.63, 3.8) is 0 Å². The summed E-state index contributed by atoms with van der Waals surface area (Å²) in [7, 11) is 0. The van der Waals surface area contributed by atoms with Crippen LogP contribution in [0.25, 0.3) is 0 Å². The predicted octanol–water partition coefficient (Wildman–Crippen LogP) is 2.68. The van der Waals surface area contributed by atoms with Gasteiger partial charge in [0.25, 0.3) is 5.91 Å². The van der Waals surface area contributed by atoms with Crippen LogP contribution >= 0.6 is 0 Å². The quantitative estimate of drug-likeness (QED) is 0.704. The maximum Gasteiger partial charge on any atom is 0.407 e. The van der Waals surface area contributed by atoms with Crippen molar-refractivity contribution in [2.75, 3.05) is 25.0 Å². The minimum absolute atomic E-state index is 0.0752. The smallest absolute Gasteiger partial charge is 0.407 e. The normalized spacial score (nSPS) is 10.8. The van der Waals surface area contributed by atoms with Gasteiger partial charge < -0.3 is 20.7 Å². The van der Waals surface area contributed by atoms with Crippen LogP contribution in [0.2, 0.25) is 0 Å². The molecule has 6 heteroatoms. The number of ether oxygens (including phenoxy) is 1. The van der Waals surface area contributed by atoms with E-state index in [1.165, 1.54) is 0 Å². The van der Waals surface area contributed by atoms with Gasteiger partial charge in [-0.3, -0.25) is 4.79 Å². The van der Waals surface area contributed by atoms with Gasteiger partial charge in [-0.25, -0.2) is 4.79 Å². The number of nitrogens with one attached hydrogen (secondary N) is 3. The zero-order chi connectivity index (χ0) is 17.5. The maximum absolute atomic E-state index is 11.8. The number of hydrogen-bond acceptors (Lipinski definition) is 4. The molecule has 1 aromatic carbocycles. The lowest BCUT2D eigenvalue weighted by molar-refractivity contribution is 0.0530. The van der Waals surface area contributed by atoms with Gasteiger partial charge in [-0.1, -0.05) is 0 Å². The van der Waals surface area contributed by atoms with Crippen LogP contribution in [-0.4, -0.2) is 37.2 Å². The predicted molar refractivity (Wildman–Crippen MR) is 91.9 cm³/mol. The summed E-state index contributed by atoms with van der Waals surface area (Å²) >= 11 is 0. The highest BCUT2D eigenvalue weighted by atomic mass is 16.6. The van der Waals surface area contributed by atoms with Crippen molar-refractivity contribution in [1.82, 2.24) is 10.6 Å². The van der Waals surface area contributed by atoms with E-state index in [0.29, 0.717) is 25.2 Å². The molecule has 0 aromatic heterocycles. The second-order valence-corrected chi connectivity index (χ2v) is 6.24. The number of rotatable bonds is 6. The number of aryl methyl sites for hydroxylation is 1. The highest BCUT2D eigenvalue weighted by Gasteiger charge is 2.15. The van der Waals surface area contributed by atoms with E-state index in [0.717, 1.165) is 11.3 Å². The van der Waals surface area contributed by atoms with E-state index in [-0.39, 0.29) is 5.91 Å². The fraction of sp³-hybridized carbons (Fsp3) is 0.529. The molecule has 3 N–H and O–H groups in total. The number of hydrogen-bond donors (Lipinski definition) is 3. The summed E-state index contributed by atoms with van der Waals surface area (Å²) in [6.07, 6.45) is -0.428. The fourth-order valence-corrected chi connectivity index (χ4v) is 1.94. The number of amides is 2. The molecule has 0 bridgehead atoms. The van der Waals surface area contributed by atoms with Gasteiger partial charge in [0.2, 0.25) is 0 Å². The van der Waals surface area contributed by atoms with Crippen molar-refractivity contribution in [1.29, 1.82) is 0 Å². The first-order valence-electron chi connectivity index (χ1n) is 7.82. The molecule has 128 valence electrons. The summed E-state index contributed by atoms with van der Waals surface area (Å²) in [5.74, 6) is -0.0752. The van der Waals surface area contributed by atoms with E-state index in [1.54, 1.807) is 6.07 Å². The summed E-state index contributed by atoms with van der Waals surface area (Å²) in [4.78, 5) is 23.3. The van der Waals surface area contributed by atoms with Gasteiger partial charge in [0.15, 0.2) is 0 Å². The van der Waals surface area contributed by atoms with E-state index < -0.39 is 11.7 Å². The SMILES string of the molecule is CCNC(=O)c1ccc(NCCNC(=O)OC(C)(C)C)c(C)c1. The fourth-order valence-electron chi connectivity index (χ4n) is 1.94. The largest absolute Gasteiger partial charge is 0.444 e. The Bertz CT molecular complexity index is 551. The van der Waals surface area contributed by atoms with Gasteiger partial charge in [-0.05, 0) is 58.4 Å². The molecule has 0 aliphatic carbocycles. The molecule has 1 aromatic rings. The maximum atomic E-state index is 11.8. The van der Waals surface area contributed by atoms with E-state index in [1.807, 2.05) is 46.8 Å². The summed E-state index contributed by atoms with van der Waals surface area (Å²) in [5.41, 5.74) is 2.06. The molecule has 1 rings (SSSR count). The van der Waals surface area contributed by atoms with E-state index in [9.17, 15) is 9.59 Å². The molecule has 0 aliphatic heterocycles. The van der Waals surface area contributed by atoms with Crippen molar-refractivity contribution < 1.29 is 14.3 Å². The lowest BCUT2D eigenvalue weighted by atomic mass is 10.1. The van der Waals surface area contributed by atoms with Crippen LogP contribution in [0.3, 0.4) is 0 Å². The highest BCUT2D eigenvalue weighted by Crippen LogP contribution is 2.16. The molecular weight excluding hydrogens is 294 g/mol. The molecule has 0 saturated heterocycles. The number of carbonyl (C=O) groups excluding carboxylic acids is 2. The minimum Gasteiger partial charge on any atom is -0.444 e. The standard InChI is InChI=1S/C17H27N3O3/c1-6-18-15(21)13-7-8-14(12(2)11-13)19-9-10-20-16(22)23-17(3,4)5/h7-8,11,19H,6,9-10H2,1-5H3,(H,18,21)(H,20,22). The topological polar surface area (TPSA) is 79.5 Å². The van der Waals surface area contributed by atoms with E-state index in [4.69, 9.17) is 4.74 Å². The third kappa shape index (κ3) is 7.04. The molecule has 2 amide bonds. The Balaban J connectivity index is 2.44. The lowest BCUT2D eigenvalue weighted by Gasteiger charge is -2.19. The first kappa shape index (κ1) is 18.8. The molecule has 6 nitrogen and oxygen atoms in total. The summed E-state index contributed by atoms with van der Waals surface area (Å²) in [6.45, 7) is 10.9. The molecule has 0 unspecified atom stereocenters. The van der Waals surface area contributed by atoms with Crippen molar-refractivity contribution in [3.05, 3.63) is 29.3 Å². The molecule has 0 aliphatic rings. The van der Waals surface area contributed by atoms with Crippen LogP contribution < -0.4 is 16.0 Å². The first-order valence-corrected chi connectivity index (χ1v) is 7.82. The number of carbonyl (C=O) groups is 2. The van der Waals surface area contributed by atoms with Gasteiger partial charge in [0.05, 0.1) is 0 Å². The molecule has 0 radical (unpaired) electrons. The summed E-state index contributed by atoms with van der Waals surface area (Å²) < 4.78 is 5.16. The zero-order valence-electron chi connectivity index (χ0n) is 14.6. The average Bonchev–Trinajstić information content (AvgIpc) is 2.43. The van der Waals surface area contributed by atoms with Crippen LogP contribution in [0, 0.1) is 6.92 Å². The highest BCUT2D eigenvalue weighted by molar-refractivity contribution is 5.94. The molecule has 23 heavy (non-hydrogen) atoms. The van der Waals surface area contributed by atoms with Crippen molar-refractivity contribution in [3.8, 4) is 0 Å². The van der Waals surface area contributed by atoms with Gasteiger partial charge >= 0.3 is 6.09 Å². The molecule has 0 atom stereocenters. The Morgan fingerprint density at radius 1 is 1.13 bits per heavy atom. The van der Waals surface area contributed by atoms with Gasteiger partial charge in [-0.2, -0.15) is 0 Å². The van der Waals surface area contributed by atoms with E-state index >= 15 is 0 Å². The van der Waals surface area contributed by atoms with Gasteiger partial charge in [-0.15, -0.1) is 0 Å². The Morgan fingerprint density at radius 3 is 2.39 bits per heavy atom. The van der Waals surface area contributed by atoms with Crippen molar-refractivity contribution >= 4 is 17.7 Å². The van der Waals surface area contributed by atoms with Crippen LogP contribution in [-0.2, 0) is 4.74 Å². The third-order valence-electron chi connectivity index (χ3n) is 2.93. The monoisotopic (exact) mass is 321 g/mol. The molecular formula is C17H27N3O3. The van der Waals surface area contributed by atoms with Crippen LogP contribution in [0.4, 0.5) is 10.5 Å². The van der Waals surface area contributed by atoms with Gasteiger partial charge in [0.1, 0.15) is 5.60 Å². The zero-order valence-corrected chi connectivity index (χ0v) is 14.6. The molecule has 0 heterocycles. The number of alkyl carbamates (subject to hydrolysis) is 1. The van der Waals surface area contributed by atoms with Crippen molar-refractivity contribution in [2.45, 2.75) is 40.2 Å². The molecule has 0 spiro atoms. The second kappa shape index (κ2) is 8.41.